The number of benzene rings is 1. The molecular weight excluding hydrogens is 298 g/mol. The second-order valence-corrected chi connectivity index (χ2v) is 6.47. The van der Waals surface area contributed by atoms with E-state index in [1.165, 1.54) is 12.1 Å². The average Bonchev–Trinajstić information content (AvgIpc) is 2.58. The Morgan fingerprint density at radius 2 is 1.55 bits per heavy atom. The second kappa shape index (κ2) is 7.64. The molecular formula is C17H26ClN3O. The summed E-state index contributed by atoms with van der Waals surface area (Å²) in [5, 5.41) is 0.806. The zero-order chi connectivity index (χ0) is 15.4. The summed E-state index contributed by atoms with van der Waals surface area (Å²) in [6.45, 7) is 10.6. The Kier molecular flexibility index (Phi) is 5.58. The summed E-state index contributed by atoms with van der Waals surface area (Å²) in [6.07, 6.45) is 1.75. The minimum absolute atomic E-state index is 0.566. The van der Waals surface area contributed by atoms with Crippen molar-refractivity contribution in [2.24, 2.45) is 0 Å². The number of rotatable bonds is 4. The second-order valence-electron chi connectivity index (χ2n) is 6.04. The SMILES string of the molecule is CCC(N1CCOCC1)N1CCN(c2ccc(Cl)cc2)CC1. The number of piperazine rings is 1. The van der Waals surface area contributed by atoms with E-state index in [1.807, 2.05) is 12.1 Å². The fraction of sp³-hybridized carbons (Fsp3) is 0.647. The maximum atomic E-state index is 5.98. The molecule has 3 rings (SSSR count). The molecule has 0 aliphatic carbocycles. The summed E-state index contributed by atoms with van der Waals surface area (Å²) >= 11 is 5.98. The summed E-state index contributed by atoms with van der Waals surface area (Å²) < 4.78 is 5.49. The molecule has 22 heavy (non-hydrogen) atoms. The van der Waals surface area contributed by atoms with Gasteiger partial charge in [0.2, 0.25) is 0 Å². The van der Waals surface area contributed by atoms with E-state index in [2.05, 4.69) is 33.8 Å². The average molecular weight is 324 g/mol. The van der Waals surface area contributed by atoms with E-state index < -0.39 is 0 Å². The van der Waals surface area contributed by atoms with Gasteiger partial charge in [-0.3, -0.25) is 9.80 Å². The van der Waals surface area contributed by atoms with Crippen LogP contribution in [0.3, 0.4) is 0 Å². The molecule has 122 valence electrons. The summed E-state index contributed by atoms with van der Waals surface area (Å²) in [5.74, 6) is 0. The Morgan fingerprint density at radius 1 is 0.955 bits per heavy atom. The quantitative estimate of drug-likeness (QED) is 0.847. The van der Waals surface area contributed by atoms with Crippen LogP contribution >= 0.6 is 11.6 Å². The minimum atomic E-state index is 0.566. The number of hydrogen-bond donors (Lipinski definition) is 0. The lowest BCUT2D eigenvalue weighted by molar-refractivity contribution is -0.0363. The fourth-order valence-electron chi connectivity index (χ4n) is 3.55. The first-order valence-corrected chi connectivity index (χ1v) is 8.72. The van der Waals surface area contributed by atoms with Crippen LogP contribution in [0.1, 0.15) is 13.3 Å². The van der Waals surface area contributed by atoms with Crippen LogP contribution in [0.5, 0.6) is 0 Å². The predicted octanol–water partition coefficient (Wildman–Crippen LogP) is 2.53. The lowest BCUT2D eigenvalue weighted by Gasteiger charge is -2.45. The molecule has 0 amide bonds. The van der Waals surface area contributed by atoms with Crippen LogP contribution in [0.25, 0.3) is 0 Å². The molecule has 4 nitrogen and oxygen atoms in total. The lowest BCUT2D eigenvalue weighted by atomic mass is 10.2. The summed E-state index contributed by atoms with van der Waals surface area (Å²) in [7, 11) is 0. The van der Waals surface area contributed by atoms with Crippen molar-refractivity contribution in [1.29, 1.82) is 0 Å². The Morgan fingerprint density at radius 3 is 2.14 bits per heavy atom. The van der Waals surface area contributed by atoms with Gasteiger partial charge in [-0.25, -0.2) is 0 Å². The smallest absolute Gasteiger partial charge is 0.0622 e. The minimum Gasteiger partial charge on any atom is -0.379 e. The predicted molar refractivity (Wildman–Crippen MR) is 91.7 cm³/mol. The molecule has 5 heteroatoms. The zero-order valence-electron chi connectivity index (χ0n) is 13.4. The molecule has 2 aliphatic heterocycles. The van der Waals surface area contributed by atoms with E-state index >= 15 is 0 Å². The van der Waals surface area contributed by atoms with Gasteiger partial charge in [-0.05, 0) is 30.7 Å². The van der Waals surface area contributed by atoms with Gasteiger partial charge < -0.3 is 9.64 Å². The van der Waals surface area contributed by atoms with E-state index in [0.29, 0.717) is 6.17 Å². The highest BCUT2D eigenvalue weighted by Gasteiger charge is 2.28. The molecule has 2 heterocycles. The van der Waals surface area contributed by atoms with E-state index in [-0.39, 0.29) is 0 Å². The largest absolute Gasteiger partial charge is 0.379 e. The van der Waals surface area contributed by atoms with Crippen LogP contribution in [-0.2, 0) is 4.74 Å². The Hall–Kier alpha value is -0.810. The lowest BCUT2D eigenvalue weighted by Crippen LogP contribution is -2.57. The highest BCUT2D eigenvalue weighted by Crippen LogP contribution is 2.21. The summed E-state index contributed by atoms with van der Waals surface area (Å²) in [5.41, 5.74) is 1.28. The molecule has 0 radical (unpaired) electrons. The van der Waals surface area contributed by atoms with Crippen molar-refractivity contribution in [3.05, 3.63) is 29.3 Å². The first kappa shape index (κ1) is 16.1. The molecule has 0 spiro atoms. The number of hydrogen-bond acceptors (Lipinski definition) is 4. The molecule has 0 bridgehead atoms. The normalized spacial score (nSPS) is 22.7. The topological polar surface area (TPSA) is 19.0 Å². The third-order valence-electron chi connectivity index (χ3n) is 4.76. The Labute approximate surface area is 138 Å². The van der Waals surface area contributed by atoms with Gasteiger partial charge in [0.05, 0.1) is 19.4 Å². The molecule has 2 aliphatic rings. The molecule has 0 saturated carbocycles. The maximum absolute atomic E-state index is 5.98. The van der Waals surface area contributed by atoms with Crippen LogP contribution in [-0.4, -0.2) is 68.4 Å². The first-order chi connectivity index (χ1) is 10.8. The number of nitrogens with zero attached hydrogens (tertiary/aromatic N) is 3. The number of anilines is 1. The van der Waals surface area contributed by atoms with E-state index in [4.69, 9.17) is 16.3 Å². The number of ether oxygens (including phenoxy) is 1. The van der Waals surface area contributed by atoms with Gasteiger partial charge in [0.15, 0.2) is 0 Å². The molecule has 1 atom stereocenters. The molecule has 2 fully saturated rings. The van der Waals surface area contributed by atoms with Gasteiger partial charge in [-0.2, -0.15) is 0 Å². The van der Waals surface area contributed by atoms with Crippen LogP contribution in [0.2, 0.25) is 5.02 Å². The fourth-order valence-corrected chi connectivity index (χ4v) is 3.68. The molecule has 0 aromatic heterocycles. The first-order valence-electron chi connectivity index (χ1n) is 8.34. The summed E-state index contributed by atoms with van der Waals surface area (Å²) in [6, 6.07) is 8.20. The van der Waals surface area contributed by atoms with E-state index in [9.17, 15) is 0 Å². The van der Waals surface area contributed by atoms with Crippen molar-refractivity contribution < 1.29 is 4.74 Å². The zero-order valence-corrected chi connectivity index (χ0v) is 14.1. The summed E-state index contributed by atoms with van der Waals surface area (Å²) in [4.78, 5) is 7.68. The van der Waals surface area contributed by atoms with E-state index in [1.54, 1.807) is 0 Å². The van der Waals surface area contributed by atoms with Crippen LogP contribution in [0, 0.1) is 0 Å². The van der Waals surface area contributed by atoms with Crippen molar-refractivity contribution in [1.82, 2.24) is 9.80 Å². The van der Waals surface area contributed by atoms with Crippen LogP contribution in [0.15, 0.2) is 24.3 Å². The number of morpholine rings is 1. The van der Waals surface area contributed by atoms with Crippen molar-refractivity contribution in [2.45, 2.75) is 19.5 Å². The molecule has 1 aromatic rings. The third-order valence-corrected chi connectivity index (χ3v) is 5.01. The van der Waals surface area contributed by atoms with Gasteiger partial charge in [0.1, 0.15) is 0 Å². The number of halogens is 1. The standard InChI is InChI=1S/C17H26ClN3O/c1-2-17(21-11-13-22-14-12-21)20-9-7-19(8-10-20)16-5-3-15(18)4-6-16/h3-6,17H,2,7-14H2,1H3. The van der Waals surface area contributed by atoms with Gasteiger partial charge in [0.25, 0.3) is 0 Å². The monoisotopic (exact) mass is 323 g/mol. The van der Waals surface area contributed by atoms with Gasteiger partial charge >= 0.3 is 0 Å². The van der Waals surface area contributed by atoms with Crippen molar-refractivity contribution in [3.8, 4) is 0 Å². The van der Waals surface area contributed by atoms with Crippen LogP contribution < -0.4 is 4.90 Å². The highest BCUT2D eigenvalue weighted by molar-refractivity contribution is 6.30. The van der Waals surface area contributed by atoms with Crippen molar-refractivity contribution in [3.63, 3.8) is 0 Å². The van der Waals surface area contributed by atoms with Crippen molar-refractivity contribution in [2.75, 3.05) is 57.4 Å². The molecule has 1 unspecified atom stereocenters. The Balaban J connectivity index is 1.56. The van der Waals surface area contributed by atoms with Crippen LogP contribution in [0.4, 0.5) is 5.69 Å². The third kappa shape index (κ3) is 3.74. The highest BCUT2D eigenvalue weighted by atomic mass is 35.5. The van der Waals surface area contributed by atoms with Crippen molar-refractivity contribution >= 4 is 17.3 Å². The maximum Gasteiger partial charge on any atom is 0.0622 e. The van der Waals surface area contributed by atoms with E-state index in [0.717, 1.165) is 57.5 Å². The molecule has 1 aromatic carbocycles. The van der Waals surface area contributed by atoms with Gasteiger partial charge in [-0.1, -0.05) is 18.5 Å². The molecule has 0 N–H and O–H groups in total. The van der Waals surface area contributed by atoms with Gasteiger partial charge in [0, 0.05) is 50.0 Å². The molecule has 2 saturated heterocycles. The Bertz CT molecular complexity index is 453. The van der Waals surface area contributed by atoms with Gasteiger partial charge in [-0.15, -0.1) is 0 Å².